The Kier molecular flexibility index (Phi) is 4.59. The highest BCUT2D eigenvalue weighted by molar-refractivity contribution is 5.06. The van der Waals surface area contributed by atoms with Gasteiger partial charge in [0.05, 0.1) is 0 Å². The molecule has 0 radical (unpaired) electrons. The number of methoxy groups -OCH3 is 1. The van der Waals surface area contributed by atoms with Crippen molar-refractivity contribution in [2.75, 3.05) is 33.4 Å². The van der Waals surface area contributed by atoms with Gasteiger partial charge >= 0.3 is 0 Å². The Balaban J connectivity index is 2.03. The van der Waals surface area contributed by atoms with Gasteiger partial charge in [0, 0.05) is 25.8 Å². The van der Waals surface area contributed by atoms with Gasteiger partial charge in [0.15, 0.2) is 0 Å². The first kappa shape index (κ1) is 15.3. The van der Waals surface area contributed by atoms with Crippen LogP contribution in [0.25, 0.3) is 0 Å². The Labute approximate surface area is 118 Å². The molecule has 19 heavy (non-hydrogen) atoms. The lowest BCUT2D eigenvalue weighted by Crippen LogP contribution is -2.58. The van der Waals surface area contributed by atoms with Gasteiger partial charge in [-0.25, -0.2) is 0 Å². The zero-order chi connectivity index (χ0) is 14.1. The minimum atomic E-state index is 0.252. The first-order valence-corrected chi connectivity index (χ1v) is 7.87. The number of ether oxygens (including phenoxy) is 1. The molecule has 3 heteroatoms. The number of nitrogens with two attached hydrogens (primary N) is 1. The van der Waals surface area contributed by atoms with E-state index >= 15 is 0 Å². The molecule has 3 nitrogen and oxygen atoms in total. The zero-order valence-corrected chi connectivity index (χ0v) is 13.2. The second-order valence-corrected chi connectivity index (χ2v) is 7.64. The molecular formula is C16H32N2O. The van der Waals surface area contributed by atoms with Crippen LogP contribution in [0.5, 0.6) is 0 Å². The average molecular weight is 268 g/mol. The zero-order valence-electron chi connectivity index (χ0n) is 13.2. The van der Waals surface area contributed by atoms with Crippen molar-refractivity contribution in [3.63, 3.8) is 0 Å². The van der Waals surface area contributed by atoms with E-state index in [1.165, 1.54) is 38.8 Å². The summed E-state index contributed by atoms with van der Waals surface area (Å²) in [5, 5.41) is 0. The molecule has 2 unspecified atom stereocenters. The van der Waals surface area contributed by atoms with Gasteiger partial charge in [-0.15, -0.1) is 0 Å². The fraction of sp³-hybridized carbons (Fsp3) is 1.00. The van der Waals surface area contributed by atoms with Crippen LogP contribution in [0.2, 0.25) is 0 Å². The molecule has 1 aliphatic heterocycles. The number of hydrogen-bond donors (Lipinski definition) is 1. The molecule has 0 spiro atoms. The normalized spacial score (nSPS) is 36.8. The minimum Gasteiger partial charge on any atom is -0.384 e. The van der Waals surface area contributed by atoms with Crippen LogP contribution in [0.3, 0.4) is 0 Å². The summed E-state index contributed by atoms with van der Waals surface area (Å²) >= 11 is 0. The second-order valence-electron chi connectivity index (χ2n) is 7.64. The summed E-state index contributed by atoms with van der Waals surface area (Å²) < 4.78 is 5.30. The van der Waals surface area contributed by atoms with Gasteiger partial charge in [-0.1, -0.05) is 20.8 Å². The van der Waals surface area contributed by atoms with Crippen LogP contribution in [0, 0.1) is 17.3 Å². The molecule has 0 amide bonds. The summed E-state index contributed by atoms with van der Waals surface area (Å²) in [5.41, 5.74) is 6.94. The highest BCUT2D eigenvalue weighted by Crippen LogP contribution is 2.50. The van der Waals surface area contributed by atoms with Gasteiger partial charge in [0.25, 0.3) is 0 Å². The third-order valence-corrected chi connectivity index (χ3v) is 5.56. The SMILES string of the molecule is COCC1CCN(C2(CN)CC(C)(C)CC2C)CC1. The number of piperidine rings is 1. The Morgan fingerprint density at radius 2 is 1.89 bits per heavy atom. The summed E-state index contributed by atoms with van der Waals surface area (Å²) in [6, 6.07) is 0. The fourth-order valence-electron chi connectivity index (χ4n) is 4.70. The molecule has 2 N–H and O–H groups in total. The number of nitrogens with zero attached hydrogens (tertiary/aromatic N) is 1. The highest BCUT2D eigenvalue weighted by Gasteiger charge is 2.51. The first-order valence-electron chi connectivity index (χ1n) is 7.87. The molecule has 1 heterocycles. The van der Waals surface area contributed by atoms with Crippen molar-refractivity contribution in [2.24, 2.45) is 23.0 Å². The fourth-order valence-corrected chi connectivity index (χ4v) is 4.70. The first-order chi connectivity index (χ1) is 8.93. The van der Waals surface area contributed by atoms with Crippen LogP contribution in [-0.4, -0.2) is 43.8 Å². The molecule has 1 saturated heterocycles. The molecule has 2 atom stereocenters. The maximum Gasteiger partial charge on any atom is 0.0491 e. The number of hydrogen-bond acceptors (Lipinski definition) is 3. The van der Waals surface area contributed by atoms with Gasteiger partial charge in [0.2, 0.25) is 0 Å². The lowest BCUT2D eigenvalue weighted by Gasteiger charge is -2.47. The summed E-state index contributed by atoms with van der Waals surface area (Å²) in [5.74, 6) is 1.47. The van der Waals surface area contributed by atoms with Gasteiger partial charge in [-0.2, -0.15) is 0 Å². The van der Waals surface area contributed by atoms with Gasteiger partial charge < -0.3 is 10.5 Å². The molecule has 0 aromatic heterocycles. The topological polar surface area (TPSA) is 38.5 Å². The van der Waals surface area contributed by atoms with Crippen LogP contribution >= 0.6 is 0 Å². The van der Waals surface area contributed by atoms with E-state index < -0.39 is 0 Å². The van der Waals surface area contributed by atoms with E-state index in [0.29, 0.717) is 11.3 Å². The van der Waals surface area contributed by atoms with E-state index in [0.717, 1.165) is 19.1 Å². The van der Waals surface area contributed by atoms with E-state index in [1.807, 2.05) is 7.11 Å². The van der Waals surface area contributed by atoms with E-state index in [4.69, 9.17) is 10.5 Å². The molecule has 1 aliphatic carbocycles. The molecule has 112 valence electrons. The maximum absolute atomic E-state index is 6.24. The quantitative estimate of drug-likeness (QED) is 0.851. The Morgan fingerprint density at radius 3 is 2.32 bits per heavy atom. The van der Waals surface area contributed by atoms with Gasteiger partial charge in [-0.05, 0) is 56.0 Å². The number of rotatable bonds is 4. The lowest BCUT2D eigenvalue weighted by molar-refractivity contribution is 0.0128. The highest BCUT2D eigenvalue weighted by atomic mass is 16.5. The predicted octanol–water partition coefficient (Wildman–Crippen LogP) is 2.50. The van der Waals surface area contributed by atoms with Crippen LogP contribution in [0.15, 0.2) is 0 Å². The van der Waals surface area contributed by atoms with E-state index in [1.54, 1.807) is 0 Å². The maximum atomic E-state index is 6.24. The molecule has 2 aliphatic rings. The average Bonchev–Trinajstić information content (AvgIpc) is 2.61. The molecule has 1 saturated carbocycles. The van der Waals surface area contributed by atoms with E-state index in [2.05, 4.69) is 25.7 Å². The van der Waals surface area contributed by atoms with Crippen molar-refractivity contribution in [1.82, 2.24) is 4.90 Å². The molecule has 0 bridgehead atoms. The second kappa shape index (κ2) is 5.71. The Hall–Kier alpha value is -0.120. The molecule has 2 rings (SSSR count). The largest absolute Gasteiger partial charge is 0.384 e. The molecular weight excluding hydrogens is 236 g/mol. The Morgan fingerprint density at radius 1 is 1.26 bits per heavy atom. The van der Waals surface area contributed by atoms with Crippen molar-refractivity contribution < 1.29 is 4.74 Å². The summed E-state index contributed by atoms with van der Waals surface area (Å²) in [4.78, 5) is 2.71. The third-order valence-electron chi connectivity index (χ3n) is 5.56. The molecule has 0 aromatic rings. The smallest absolute Gasteiger partial charge is 0.0491 e. The van der Waals surface area contributed by atoms with Crippen molar-refractivity contribution in [3.05, 3.63) is 0 Å². The lowest BCUT2D eigenvalue weighted by atomic mass is 9.82. The van der Waals surface area contributed by atoms with Gasteiger partial charge in [-0.3, -0.25) is 4.90 Å². The van der Waals surface area contributed by atoms with Crippen LogP contribution in [0.1, 0.15) is 46.5 Å². The molecule has 0 aromatic carbocycles. The summed E-state index contributed by atoms with van der Waals surface area (Å²) in [6.07, 6.45) is 5.10. The van der Waals surface area contributed by atoms with Crippen molar-refractivity contribution in [3.8, 4) is 0 Å². The van der Waals surface area contributed by atoms with E-state index in [9.17, 15) is 0 Å². The molecule has 2 fully saturated rings. The van der Waals surface area contributed by atoms with Crippen LogP contribution < -0.4 is 5.73 Å². The number of likely N-dealkylation sites (tertiary alicyclic amines) is 1. The minimum absolute atomic E-state index is 0.252. The monoisotopic (exact) mass is 268 g/mol. The summed E-state index contributed by atoms with van der Waals surface area (Å²) in [7, 11) is 1.81. The van der Waals surface area contributed by atoms with Crippen LogP contribution in [-0.2, 0) is 4.74 Å². The summed E-state index contributed by atoms with van der Waals surface area (Å²) in [6.45, 7) is 11.3. The standard InChI is InChI=1S/C16H32N2O/c1-13-9-15(2,3)11-16(13,12-17)18-7-5-14(6-8-18)10-19-4/h13-14H,5-12,17H2,1-4H3. The Bertz CT molecular complexity index is 297. The van der Waals surface area contributed by atoms with Crippen molar-refractivity contribution in [1.29, 1.82) is 0 Å². The predicted molar refractivity (Wildman–Crippen MR) is 80.1 cm³/mol. The van der Waals surface area contributed by atoms with Crippen molar-refractivity contribution in [2.45, 2.75) is 52.0 Å². The van der Waals surface area contributed by atoms with Gasteiger partial charge in [0.1, 0.15) is 0 Å². The van der Waals surface area contributed by atoms with Crippen molar-refractivity contribution >= 4 is 0 Å². The van der Waals surface area contributed by atoms with E-state index in [-0.39, 0.29) is 5.54 Å². The van der Waals surface area contributed by atoms with Crippen LogP contribution in [0.4, 0.5) is 0 Å². The third kappa shape index (κ3) is 2.98.